The monoisotopic (exact) mass is 348 g/mol. The molecule has 2 rings (SSSR count). The van der Waals surface area contributed by atoms with E-state index in [1.165, 1.54) is 10.7 Å². The normalized spacial score (nSPS) is 12.0. The first kappa shape index (κ1) is 18.4. The molecule has 0 aliphatic heterocycles. The van der Waals surface area contributed by atoms with Crippen LogP contribution < -0.4 is 10.6 Å². The Morgan fingerprint density at radius 3 is 2.71 bits per heavy atom. The van der Waals surface area contributed by atoms with Gasteiger partial charge in [0.15, 0.2) is 5.96 Å². The van der Waals surface area contributed by atoms with Crippen molar-refractivity contribution in [1.82, 2.24) is 25.4 Å². The maximum absolute atomic E-state index is 4.63. The molecule has 6 nitrogen and oxygen atoms in total. The zero-order valence-corrected chi connectivity index (χ0v) is 16.1. The molecule has 0 radical (unpaired) electrons. The van der Waals surface area contributed by atoms with Gasteiger partial charge < -0.3 is 10.6 Å². The van der Waals surface area contributed by atoms with E-state index in [-0.39, 0.29) is 0 Å². The van der Waals surface area contributed by atoms with Crippen LogP contribution in [-0.4, -0.2) is 34.3 Å². The van der Waals surface area contributed by atoms with Gasteiger partial charge in [-0.15, -0.1) is 11.3 Å². The molecule has 2 heterocycles. The Balaban J connectivity index is 1.71. The van der Waals surface area contributed by atoms with E-state index in [2.05, 4.69) is 62.6 Å². The van der Waals surface area contributed by atoms with Crippen LogP contribution in [0.1, 0.15) is 48.3 Å². The highest BCUT2D eigenvalue weighted by molar-refractivity contribution is 7.09. The van der Waals surface area contributed by atoms with Crippen molar-refractivity contribution in [2.24, 2.45) is 4.99 Å². The van der Waals surface area contributed by atoms with Gasteiger partial charge in [-0.2, -0.15) is 5.10 Å². The zero-order valence-electron chi connectivity index (χ0n) is 15.3. The Hall–Kier alpha value is -1.89. The molecule has 2 aromatic rings. The van der Waals surface area contributed by atoms with Crippen molar-refractivity contribution < 1.29 is 0 Å². The van der Waals surface area contributed by atoms with E-state index < -0.39 is 0 Å². The van der Waals surface area contributed by atoms with Crippen LogP contribution in [0.3, 0.4) is 0 Å². The highest BCUT2D eigenvalue weighted by Crippen LogP contribution is 2.18. The van der Waals surface area contributed by atoms with Gasteiger partial charge in [0, 0.05) is 37.1 Å². The van der Waals surface area contributed by atoms with Crippen LogP contribution in [0, 0.1) is 13.8 Å². The summed E-state index contributed by atoms with van der Waals surface area (Å²) in [6, 6.07) is 2.10. The molecule has 2 N–H and O–H groups in total. The Morgan fingerprint density at radius 2 is 2.12 bits per heavy atom. The third-order valence-electron chi connectivity index (χ3n) is 3.67. The molecular formula is C17H28N6S. The summed E-state index contributed by atoms with van der Waals surface area (Å²) >= 11 is 1.72. The summed E-state index contributed by atoms with van der Waals surface area (Å²) in [5, 5.41) is 14.4. The number of aromatic nitrogens is 3. The largest absolute Gasteiger partial charge is 0.356 e. The average molecular weight is 349 g/mol. The third kappa shape index (κ3) is 5.33. The molecule has 0 unspecified atom stereocenters. The molecule has 7 heteroatoms. The smallest absolute Gasteiger partial charge is 0.191 e. The molecule has 0 fully saturated rings. The number of thiazole rings is 1. The van der Waals surface area contributed by atoms with Gasteiger partial charge in [0.05, 0.1) is 22.9 Å². The summed E-state index contributed by atoms with van der Waals surface area (Å²) in [6.07, 6.45) is 0.997. The molecule has 0 bridgehead atoms. The van der Waals surface area contributed by atoms with Crippen LogP contribution in [-0.2, 0) is 13.1 Å². The van der Waals surface area contributed by atoms with Crippen molar-refractivity contribution in [2.45, 2.75) is 53.1 Å². The molecule has 0 atom stereocenters. The lowest BCUT2D eigenvalue weighted by Crippen LogP contribution is -2.37. The van der Waals surface area contributed by atoms with Crippen molar-refractivity contribution in [2.75, 3.05) is 13.6 Å². The first-order chi connectivity index (χ1) is 11.5. The summed E-state index contributed by atoms with van der Waals surface area (Å²) in [6.45, 7) is 10.9. The molecule has 24 heavy (non-hydrogen) atoms. The lowest BCUT2D eigenvalue weighted by Gasteiger charge is -2.11. The van der Waals surface area contributed by atoms with Crippen molar-refractivity contribution in [3.63, 3.8) is 0 Å². The standard InChI is InChI=1S/C17H28N6S/c1-12(2)16-21-15(11-24-16)10-20-17(18-5)19-7-6-8-23-14(4)9-13(3)22-23/h9,11-12H,6-8,10H2,1-5H3,(H2,18,19,20). The van der Waals surface area contributed by atoms with Crippen LogP contribution >= 0.6 is 11.3 Å². The predicted octanol–water partition coefficient (Wildman–Crippen LogP) is 2.84. The lowest BCUT2D eigenvalue weighted by atomic mass is 10.2. The number of aliphatic imine (C=N–C) groups is 1. The summed E-state index contributed by atoms with van der Waals surface area (Å²) < 4.78 is 2.05. The number of aryl methyl sites for hydroxylation is 3. The van der Waals surface area contributed by atoms with Crippen LogP contribution in [0.5, 0.6) is 0 Å². The molecule has 0 amide bonds. The van der Waals surface area contributed by atoms with Gasteiger partial charge in [-0.1, -0.05) is 13.8 Å². The molecule has 0 aromatic carbocycles. The fraction of sp³-hybridized carbons (Fsp3) is 0.588. The molecule has 0 aliphatic rings. The minimum absolute atomic E-state index is 0.482. The first-order valence-electron chi connectivity index (χ1n) is 8.39. The van der Waals surface area contributed by atoms with Crippen molar-refractivity contribution in [1.29, 1.82) is 0 Å². The summed E-state index contributed by atoms with van der Waals surface area (Å²) in [4.78, 5) is 8.88. The van der Waals surface area contributed by atoms with E-state index in [4.69, 9.17) is 0 Å². The Morgan fingerprint density at radius 1 is 1.33 bits per heavy atom. The van der Waals surface area contributed by atoms with Gasteiger partial charge in [0.1, 0.15) is 0 Å². The van der Waals surface area contributed by atoms with Crippen molar-refractivity contribution in [3.05, 3.63) is 33.5 Å². The fourth-order valence-electron chi connectivity index (χ4n) is 2.40. The second-order valence-electron chi connectivity index (χ2n) is 6.19. The van der Waals surface area contributed by atoms with E-state index >= 15 is 0 Å². The lowest BCUT2D eigenvalue weighted by molar-refractivity contribution is 0.555. The van der Waals surface area contributed by atoms with Gasteiger partial charge in [-0.25, -0.2) is 4.98 Å². The highest BCUT2D eigenvalue weighted by Gasteiger charge is 2.06. The number of hydrogen-bond acceptors (Lipinski definition) is 4. The first-order valence-corrected chi connectivity index (χ1v) is 9.27. The van der Waals surface area contributed by atoms with E-state index in [1.807, 2.05) is 6.92 Å². The molecule has 0 spiro atoms. The predicted molar refractivity (Wildman–Crippen MR) is 101 cm³/mol. The van der Waals surface area contributed by atoms with Crippen LogP contribution in [0.25, 0.3) is 0 Å². The molecular weight excluding hydrogens is 320 g/mol. The number of hydrogen-bond donors (Lipinski definition) is 2. The number of guanidine groups is 1. The number of nitrogens with zero attached hydrogens (tertiary/aromatic N) is 4. The number of rotatable bonds is 7. The quantitative estimate of drug-likeness (QED) is 0.459. The average Bonchev–Trinajstić information content (AvgIpc) is 3.13. The summed E-state index contributed by atoms with van der Waals surface area (Å²) in [5.74, 6) is 1.29. The van der Waals surface area contributed by atoms with Crippen LogP contribution in [0.2, 0.25) is 0 Å². The Labute approximate surface area is 148 Å². The van der Waals surface area contributed by atoms with Gasteiger partial charge in [0.25, 0.3) is 0 Å². The minimum Gasteiger partial charge on any atom is -0.356 e. The van der Waals surface area contributed by atoms with E-state index in [9.17, 15) is 0 Å². The molecule has 2 aromatic heterocycles. The molecule has 0 saturated heterocycles. The minimum atomic E-state index is 0.482. The molecule has 0 saturated carbocycles. The van der Waals surface area contributed by atoms with Crippen LogP contribution in [0.4, 0.5) is 0 Å². The second kappa shape index (κ2) is 8.82. The Bertz CT molecular complexity index is 670. The second-order valence-corrected chi connectivity index (χ2v) is 7.08. The van der Waals surface area contributed by atoms with Crippen molar-refractivity contribution >= 4 is 17.3 Å². The molecule has 0 aliphatic carbocycles. The number of nitrogens with one attached hydrogen (secondary N) is 2. The van der Waals surface area contributed by atoms with E-state index in [1.54, 1.807) is 18.4 Å². The highest BCUT2D eigenvalue weighted by atomic mass is 32.1. The van der Waals surface area contributed by atoms with Gasteiger partial charge >= 0.3 is 0 Å². The maximum atomic E-state index is 4.63. The topological polar surface area (TPSA) is 67.1 Å². The van der Waals surface area contributed by atoms with Crippen molar-refractivity contribution in [3.8, 4) is 0 Å². The Kier molecular flexibility index (Phi) is 6.78. The summed E-state index contributed by atoms with van der Waals surface area (Å²) in [5.41, 5.74) is 3.34. The molecule has 132 valence electrons. The summed E-state index contributed by atoms with van der Waals surface area (Å²) in [7, 11) is 1.79. The maximum Gasteiger partial charge on any atom is 0.191 e. The van der Waals surface area contributed by atoms with Gasteiger partial charge in [-0.05, 0) is 26.3 Å². The fourth-order valence-corrected chi connectivity index (χ4v) is 3.24. The van der Waals surface area contributed by atoms with E-state index in [0.717, 1.165) is 36.9 Å². The zero-order chi connectivity index (χ0) is 17.5. The van der Waals surface area contributed by atoms with Crippen LogP contribution in [0.15, 0.2) is 16.4 Å². The van der Waals surface area contributed by atoms with Gasteiger partial charge in [0.2, 0.25) is 0 Å². The van der Waals surface area contributed by atoms with Gasteiger partial charge in [-0.3, -0.25) is 9.67 Å². The third-order valence-corrected chi connectivity index (χ3v) is 4.86. The SMILES string of the molecule is CN=C(NCCCn1nc(C)cc1C)NCc1csc(C(C)C)n1. The van der Waals surface area contributed by atoms with E-state index in [0.29, 0.717) is 12.5 Å².